The molecular formula is C15H17N9O2. The van der Waals surface area contributed by atoms with Crippen LogP contribution in [0.4, 0.5) is 17.5 Å². The molecule has 2 N–H and O–H groups in total. The molecule has 0 spiro atoms. The molecule has 0 aliphatic rings. The van der Waals surface area contributed by atoms with Gasteiger partial charge in [-0.1, -0.05) is 5.21 Å². The summed E-state index contributed by atoms with van der Waals surface area (Å²) in [5.74, 6) is 1.05. The van der Waals surface area contributed by atoms with Gasteiger partial charge in [0.1, 0.15) is 17.7 Å². The number of rotatable bonds is 7. The standard InChI is InChI=1S/C15H17N9O2/c1-10-14(23(2)22-21-10)12-5-6-17-15(20-12)18-8-7-16-13-4-3-11(9-19-13)24(25)26/h3-6,9H,7-8H2,1-2H3,(H,16,19)(H,17,18,20). The molecule has 0 saturated carbocycles. The van der Waals surface area contributed by atoms with Gasteiger partial charge < -0.3 is 10.6 Å². The average molecular weight is 355 g/mol. The van der Waals surface area contributed by atoms with Crippen LogP contribution >= 0.6 is 0 Å². The van der Waals surface area contributed by atoms with E-state index in [4.69, 9.17) is 0 Å². The summed E-state index contributed by atoms with van der Waals surface area (Å²) in [6.45, 7) is 2.97. The lowest BCUT2D eigenvalue weighted by molar-refractivity contribution is -0.385. The fourth-order valence-electron chi connectivity index (χ4n) is 2.35. The van der Waals surface area contributed by atoms with E-state index in [2.05, 4.69) is 35.9 Å². The first-order valence-electron chi connectivity index (χ1n) is 7.82. The lowest BCUT2D eigenvalue weighted by atomic mass is 10.2. The highest BCUT2D eigenvalue weighted by atomic mass is 16.6. The van der Waals surface area contributed by atoms with Crippen molar-refractivity contribution in [2.75, 3.05) is 23.7 Å². The molecule has 0 radical (unpaired) electrons. The van der Waals surface area contributed by atoms with E-state index in [-0.39, 0.29) is 5.69 Å². The van der Waals surface area contributed by atoms with Gasteiger partial charge in [0.05, 0.1) is 16.3 Å². The molecule has 0 aliphatic heterocycles. The minimum atomic E-state index is -0.484. The number of hydrogen-bond donors (Lipinski definition) is 2. The van der Waals surface area contributed by atoms with Gasteiger partial charge in [0.2, 0.25) is 5.95 Å². The van der Waals surface area contributed by atoms with Crippen molar-refractivity contribution >= 4 is 17.5 Å². The molecule has 26 heavy (non-hydrogen) atoms. The fourth-order valence-corrected chi connectivity index (χ4v) is 2.35. The van der Waals surface area contributed by atoms with Crippen LogP contribution in [-0.4, -0.2) is 48.0 Å². The molecule has 3 rings (SSSR count). The number of hydrogen-bond acceptors (Lipinski definition) is 9. The molecular weight excluding hydrogens is 338 g/mol. The molecule has 134 valence electrons. The van der Waals surface area contributed by atoms with Crippen molar-refractivity contribution in [2.45, 2.75) is 6.92 Å². The van der Waals surface area contributed by atoms with Crippen molar-refractivity contribution in [1.82, 2.24) is 29.9 Å². The Bertz CT molecular complexity index is 888. The lowest BCUT2D eigenvalue weighted by Gasteiger charge is -2.08. The second-order valence-electron chi connectivity index (χ2n) is 5.42. The van der Waals surface area contributed by atoms with Crippen molar-refractivity contribution in [1.29, 1.82) is 0 Å². The Morgan fingerprint density at radius 3 is 2.65 bits per heavy atom. The van der Waals surface area contributed by atoms with Gasteiger partial charge >= 0.3 is 0 Å². The molecule has 0 unspecified atom stereocenters. The average Bonchev–Trinajstić information content (AvgIpc) is 2.98. The molecule has 0 aromatic carbocycles. The van der Waals surface area contributed by atoms with Crippen molar-refractivity contribution < 1.29 is 4.92 Å². The van der Waals surface area contributed by atoms with Gasteiger partial charge in [-0.15, -0.1) is 5.10 Å². The number of pyridine rings is 1. The second-order valence-corrected chi connectivity index (χ2v) is 5.42. The zero-order valence-corrected chi connectivity index (χ0v) is 14.2. The molecule has 0 saturated heterocycles. The zero-order valence-electron chi connectivity index (χ0n) is 14.2. The fraction of sp³-hybridized carbons (Fsp3) is 0.267. The Kier molecular flexibility index (Phi) is 4.97. The number of nitrogens with zero attached hydrogens (tertiary/aromatic N) is 7. The largest absolute Gasteiger partial charge is 0.368 e. The highest BCUT2D eigenvalue weighted by molar-refractivity contribution is 5.57. The Labute approximate surface area is 148 Å². The van der Waals surface area contributed by atoms with E-state index in [9.17, 15) is 10.1 Å². The van der Waals surface area contributed by atoms with E-state index in [1.165, 1.54) is 12.3 Å². The van der Waals surface area contributed by atoms with Crippen molar-refractivity contribution in [3.8, 4) is 11.4 Å². The lowest BCUT2D eigenvalue weighted by Crippen LogP contribution is -2.16. The monoisotopic (exact) mass is 355 g/mol. The molecule has 3 heterocycles. The Morgan fingerprint density at radius 2 is 2.00 bits per heavy atom. The van der Waals surface area contributed by atoms with Crippen LogP contribution in [0.2, 0.25) is 0 Å². The predicted octanol–water partition coefficient (Wildman–Crippen LogP) is 1.41. The van der Waals surface area contributed by atoms with Crippen LogP contribution in [0.15, 0.2) is 30.6 Å². The second kappa shape index (κ2) is 7.51. The van der Waals surface area contributed by atoms with Gasteiger partial charge in [-0.3, -0.25) is 10.1 Å². The molecule has 11 heteroatoms. The topological polar surface area (TPSA) is 137 Å². The van der Waals surface area contributed by atoms with Gasteiger partial charge in [0.15, 0.2) is 0 Å². The highest BCUT2D eigenvalue weighted by Gasteiger charge is 2.11. The van der Waals surface area contributed by atoms with Crippen LogP contribution in [0.1, 0.15) is 5.69 Å². The maximum absolute atomic E-state index is 10.6. The quantitative estimate of drug-likeness (QED) is 0.366. The number of aryl methyl sites for hydroxylation is 2. The summed E-state index contributed by atoms with van der Waals surface area (Å²) in [5, 5.41) is 24.8. The van der Waals surface area contributed by atoms with Crippen LogP contribution in [-0.2, 0) is 7.05 Å². The predicted molar refractivity (Wildman–Crippen MR) is 94.6 cm³/mol. The molecule has 0 bridgehead atoms. The number of aromatic nitrogens is 6. The van der Waals surface area contributed by atoms with Crippen molar-refractivity contribution in [2.24, 2.45) is 7.05 Å². The summed E-state index contributed by atoms with van der Waals surface area (Å²) in [6, 6.07) is 4.77. The zero-order chi connectivity index (χ0) is 18.5. The molecule has 11 nitrogen and oxygen atoms in total. The van der Waals surface area contributed by atoms with E-state index in [0.717, 1.165) is 17.1 Å². The van der Waals surface area contributed by atoms with Crippen molar-refractivity contribution in [3.05, 3.63) is 46.4 Å². The summed E-state index contributed by atoms with van der Waals surface area (Å²) < 4.78 is 1.67. The van der Waals surface area contributed by atoms with E-state index < -0.39 is 4.92 Å². The first-order chi connectivity index (χ1) is 12.5. The molecule has 0 atom stereocenters. The molecule has 3 aromatic heterocycles. The molecule has 0 aliphatic carbocycles. The number of nitro groups is 1. The van der Waals surface area contributed by atoms with E-state index in [1.807, 2.05) is 14.0 Å². The molecule has 3 aromatic rings. The summed E-state index contributed by atoms with van der Waals surface area (Å²) >= 11 is 0. The van der Waals surface area contributed by atoms with E-state index in [1.54, 1.807) is 23.0 Å². The van der Waals surface area contributed by atoms with E-state index >= 15 is 0 Å². The molecule has 0 fully saturated rings. The smallest absolute Gasteiger partial charge is 0.287 e. The first-order valence-corrected chi connectivity index (χ1v) is 7.82. The van der Waals surface area contributed by atoms with Gasteiger partial charge in [0, 0.05) is 32.4 Å². The van der Waals surface area contributed by atoms with Crippen LogP contribution in [0.3, 0.4) is 0 Å². The Hall–Kier alpha value is -3.63. The van der Waals surface area contributed by atoms with E-state index in [0.29, 0.717) is 24.9 Å². The number of anilines is 2. The summed E-state index contributed by atoms with van der Waals surface area (Å²) in [6.07, 6.45) is 2.88. The van der Waals surface area contributed by atoms with Gasteiger partial charge in [-0.05, 0) is 19.1 Å². The maximum Gasteiger partial charge on any atom is 0.287 e. The Balaban J connectivity index is 1.55. The SMILES string of the molecule is Cc1nnn(C)c1-c1ccnc(NCCNc2ccc([N+](=O)[O-])cn2)n1. The summed E-state index contributed by atoms with van der Waals surface area (Å²) in [5.41, 5.74) is 2.32. The Morgan fingerprint density at radius 1 is 1.19 bits per heavy atom. The third-order valence-electron chi connectivity index (χ3n) is 3.57. The minimum Gasteiger partial charge on any atom is -0.368 e. The van der Waals surface area contributed by atoms with Crippen LogP contribution in [0.25, 0.3) is 11.4 Å². The van der Waals surface area contributed by atoms with Gasteiger partial charge in [-0.2, -0.15) is 0 Å². The third-order valence-corrected chi connectivity index (χ3v) is 3.57. The summed E-state index contributed by atoms with van der Waals surface area (Å²) in [4.78, 5) is 22.8. The maximum atomic E-state index is 10.6. The van der Waals surface area contributed by atoms with Gasteiger partial charge in [-0.25, -0.2) is 19.6 Å². The third kappa shape index (κ3) is 3.88. The minimum absolute atomic E-state index is 0.0427. The van der Waals surface area contributed by atoms with Crippen LogP contribution < -0.4 is 10.6 Å². The van der Waals surface area contributed by atoms with Crippen LogP contribution in [0.5, 0.6) is 0 Å². The first kappa shape index (κ1) is 17.2. The normalized spacial score (nSPS) is 10.5. The van der Waals surface area contributed by atoms with Crippen molar-refractivity contribution in [3.63, 3.8) is 0 Å². The highest BCUT2D eigenvalue weighted by Crippen LogP contribution is 2.19. The van der Waals surface area contributed by atoms with Crippen LogP contribution in [0, 0.1) is 17.0 Å². The number of nitrogens with one attached hydrogen (secondary N) is 2. The molecule has 0 amide bonds. The van der Waals surface area contributed by atoms with Gasteiger partial charge in [0.25, 0.3) is 5.69 Å². The summed E-state index contributed by atoms with van der Waals surface area (Å²) in [7, 11) is 1.81.